The van der Waals surface area contributed by atoms with Crippen LogP contribution >= 0.6 is 0 Å². The van der Waals surface area contributed by atoms with E-state index in [0.29, 0.717) is 23.8 Å². The van der Waals surface area contributed by atoms with Gasteiger partial charge in [0.15, 0.2) is 0 Å². The van der Waals surface area contributed by atoms with Crippen molar-refractivity contribution in [3.63, 3.8) is 0 Å². The van der Waals surface area contributed by atoms with Crippen LogP contribution in [0.25, 0.3) is 5.76 Å². The van der Waals surface area contributed by atoms with Crippen LogP contribution in [-0.4, -0.2) is 33.3 Å². The lowest BCUT2D eigenvalue weighted by atomic mass is 9.93. The Morgan fingerprint density at radius 3 is 2.50 bits per heavy atom. The molecule has 0 saturated carbocycles. The molecule has 1 aliphatic rings. The summed E-state index contributed by atoms with van der Waals surface area (Å²) in [6, 6.07) is 17.7. The fourth-order valence-corrected chi connectivity index (χ4v) is 4.20. The summed E-state index contributed by atoms with van der Waals surface area (Å²) in [6.07, 6.45) is 3.33. The van der Waals surface area contributed by atoms with E-state index in [1.807, 2.05) is 37.3 Å². The topological polar surface area (TPSA) is 79.7 Å². The van der Waals surface area contributed by atoms with Gasteiger partial charge in [0.2, 0.25) is 0 Å². The zero-order valence-electron chi connectivity index (χ0n) is 19.6. The normalized spacial score (nSPS) is 17.4. The number of aliphatic hydroxyl groups excluding tert-OH is 1. The number of ketones is 1. The Hall–Kier alpha value is -3.93. The first-order chi connectivity index (χ1) is 16.4. The average Bonchev–Trinajstić information content (AvgIpc) is 3.09. The highest BCUT2D eigenvalue weighted by molar-refractivity contribution is 6.46. The summed E-state index contributed by atoms with van der Waals surface area (Å²) in [5.74, 6) is -0.650. The summed E-state index contributed by atoms with van der Waals surface area (Å²) >= 11 is 0. The molecule has 2 aromatic carbocycles. The third-order valence-electron chi connectivity index (χ3n) is 5.95. The number of aromatic nitrogens is 1. The van der Waals surface area contributed by atoms with Crippen LogP contribution in [0.2, 0.25) is 0 Å². The van der Waals surface area contributed by atoms with Crippen LogP contribution in [0, 0.1) is 0 Å². The minimum absolute atomic E-state index is 0.0693. The van der Waals surface area contributed by atoms with Crippen molar-refractivity contribution in [1.29, 1.82) is 0 Å². The van der Waals surface area contributed by atoms with Crippen molar-refractivity contribution in [2.45, 2.75) is 39.3 Å². The van der Waals surface area contributed by atoms with E-state index in [4.69, 9.17) is 4.74 Å². The molecule has 0 radical (unpaired) electrons. The Labute approximate surface area is 199 Å². The highest BCUT2D eigenvalue weighted by Gasteiger charge is 2.46. The summed E-state index contributed by atoms with van der Waals surface area (Å²) < 4.78 is 5.55. The molecule has 3 aromatic rings. The SMILES string of the molecule is CCOc1cccc(/C(O)=C2/C(=O)C(=O)N(Cc3cccnc3)C2c2ccc(C(C)C)cc2)c1. The van der Waals surface area contributed by atoms with Gasteiger partial charge in [-0.3, -0.25) is 14.6 Å². The van der Waals surface area contributed by atoms with Gasteiger partial charge in [0, 0.05) is 24.5 Å². The molecular weight excluding hydrogens is 428 g/mol. The second-order valence-electron chi connectivity index (χ2n) is 8.57. The second kappa shape index (κ2) is 9.91. The highest BCUT2D eigenvalue weighted by atomic mass is 16.5. The smallest absolute Gasteiger partial charge is 0.295 e. The van der Waals surface area contributed by atoms with Crippen molar-refractivity contribution in [3.05, 3.63) is 101 Å². The first-order valence-electron chi connectivity index (χ1n) is 11.4. The van der Waals surface area contributed by atoms with Gasteiger partial charge in [0.05, 0.1) is 18.2 Å². The van der Waals surface area contributed by atoms with Crippen LogP contribution < -0.4 is 4.74 Å². The van der Waals surface area contributed by atoms with Gasteiger partial charge < -0.3 is 14.7 Å². The van der Waals surface area contributed by atoms with E-state index in [2.05, 4.69) is 18.8 Å². The Morgan fingerprint density at radius 2 is 1.85 bits per heavy atom. The van der Waals surface area contributed by atoms with Crippen LogP contribution in [0.4, 0.5) is 0 Å². The maximum Gasteiger partial charge on any atom is 0.295 e. The van der Waals surface area contributed by atoms with Crippen molar-refractivity contribution in [3.8, 4) is 5.75 Å². The van der Waals surface area contributed by atoms with Gasteiger partial charge in [-0.1, -0.05) is 56.3 Å². The maximum absolute atomic E-state index is 13.2. The van der Waals surface area contributed by atoms with Crippen molar-refractivity contribution in [2.75, 3.05) is 6.61 Å². The second-order valence-corrected chi connectivity index (χ2v) is 8.57. The van der Waals surface area contributed by atoms with Gasteiger partial charge in [0.25, 0.3) is 11.7 Å². The Kier molecular flexibility index (Phi) is 6.77. The number of amides is 1. The van der Waals surface area contributed by atoms with Gasteiger partial charge in [-0.2, -0.15) is 0 Å². The van der Waals surface area contributed by atoms with Crippen molar-refractivity contribution >= 4 is 17.4 Å². The quantitative estimate of drug-likeness (QED) is 0.299. The van der Waals surface area contributed by atoms with E-state index in [1.165, 1.54) is 4.90 Å². The lowest BCUT2D eigenvalue weighted by Gasteiger charge is -2.25. The number of nitrogens with zero attached hydrogens (tertiary/aromatic N) is 2. The number of ether oxygens (including phenoxy) is 1. The van der Waals surface area contributed by atoms with Gasteiger partial charge in [0.1, 0.15) is 11.5 Å². The number of Topliss-reactive ketones (excluding diaryl/α,β-unsaturated/α-hetero) is 1. The first kappa shape index (κ1) is 23.2. The molecule has 6 nitrogen and oxygen atoms in total. The largest absolute Gasteiger partial charge is 0.507 e. The zero-order valence-corrected chi connectivity index (χ0v) is 19.6. The monoisotopic (exact) mass is 456 g/mol. The summed E-state index contributed by atoms with van der Waals surface area (Å²) in [5.41, 5.74) is 3.20. The molecule has 1 N–H and O–H groups in total. The Balaban J connectivity index is 1.84. The lowest BCUT2D eigenvalue weighted by Crippen LogP contribution is -2.29. The number of hydrogen-bond acceptors (Lipinski definition) is 5. The molecule has 6 heteroatoms. The van der Waals surface area contributed by atoms with E-state index in [1.54, 1.807) is 42.7 Å². The third-order valence-corrected chi connectivity index (χ3v) is 5.95. The average molecular weight is 457 g/mol. The molecule has 174 valence electrons. The van der Waals surface area contributed by atoms with E-state index < -0.39 is 17.7 Å². The standard InChI is InChI=1S/C28H28N2O4/c1-4-34-23-9-5-8-22(15-23)26(31)24-25(21-12-10-20(11-13-21)18(2)3)30(28(33)27(24)32)17-19-7-6-14-29-16-19/h5-16,18,25,31H,4,17H2,1-3H3/b26-24-. The van der Waals surface area contributed by atoms with Crippen LogP contribution in [0.5, 0.6) is 5.75 Å². The minimum atomic E-state index is -0.725. The van der Waals surface area contributed by atoms with Gasteiger partial charge in [-0.15, -0.1) is 0 Å². The number of aliphatic hydroxyl groups is 1. The van der Waals surface area contributed by atoms with Crippen LogP contribution in [0.15, 0.2) is 78.6 Å². The van der Waals surface area contributed by atoms with Crippen LogP contribution in [-0.2, 0) is 16.1 Å². The maximum atomic E-state index is 13.2. The highest BCUT2D eigenvalue weighted by Crippen LogP contribution is 2.40. The molecule has 1 unspecified atom stereocenters. The molecule has 2 heterocycles. The fourth-order valence-electron chi connectivity index (χ4n) is 4.20. The number of carbonyl (C=O) groups excluding carboxylic acids is 2. The molecule has 1 aromatic heterocycles. The van der Waals surface area contributed by atoms with E-state index in [9.17, 15) is 14.7 Å². The minimum Gasteiger partial charge on any atom is -0.507 e. The van der Waals surface area contributed by atoms with Crippen molar-refractivity contribution in [1.82, 2.24) is 9.88 Å². The number of hydrogen-bond donors (Lipinski definition) is 1. The predicted molar refractivity (Wildman–Crippen MR) is 130 cm³/mol. The zero-order chi connectivity index (χ0) is 24.2. The molecule has 1 fully saturated rings. The van der Waals surface area contributed by atoms with E-state index in [-0.39, 0.29) is 17.9 Å². The molecular formula is C28H28N2O4. The van der Waals surface area contributed by atoms with E-state index >= 15 is 0 Å². The number of likely N-dealkylation sites (tertiary alicyclic amines) is 1. The van der Waals surface area contributed by atoms with Gasteiger partial charge >= 0.3 is 0 Å². The number of carbonyl (C=O) groups is 2. The van der Waals surface area contributed by atoms with Gasteiger partial charge in [-0.05, 0) is 47.7 Å². The Bertz CT molecular complexity index is 1220. The molecule has 1 atom stereocenters. The summed E-state index contributed by atoms with van der Waals surface area (Å²) in [5, 5.41) is 11.3. The predicted octanol–water partition coefficient (Wildman–Crippen LogP) is 5.23. The summed E-state index contributed by atoms with van der Waals surface area (Å²) in [7, 11) is 0. The molecule has 4 rings (SSSR count). The third kappa shape index (κ3) is 4.57. The first-order valence-corrected chi connectivity index (χ1v) is 11.4. The summed E-state index contributed by atoms with van der Waals surface area (Å²) in [6.45, 7) is 6.76. The molecule has 34 heavy (non-hydrogen) atoms. The molecule has 0 spiro atoms. The van der Waals surface area contributed by atoms with Crippen LogP contribution in [0.1, 0.15) is 55.0 Å². The summed E-state index contributed by atoms with van der Waals surface area (Å²) in [4.78, 5) is 32.0. The molecule has 0 aliphatic carbocycles. The van der Waals surface area contributed by atoms with Gasteiger partial charge in [-0.25, -0.2) is 0 Å². The molecule has 0 bridgehead atoms. The fraction of sp³-hybridized carbons (Fsp3) is 0.250. The lowest BCUT2D eigenvalue weighted by molar-refractivity contribution is -0.140. The van der Waals surface area contributed by atoms with Crippen molar-refractivity contribution < 1.29 is 19.4 Å². The number of benzene rings is 2. The van der Waals surface area contributed by atoms with E-state index in [0.717, 1.165) is 16.7 Å². The molecule has 1 aliphatic heterocycles. The number of pyridine rings is 1. The molecule has 1 amide bonds. The van der Waals surface area contributed by atoms with Crippen molar-refractivity contribution in [2.24, 2.45) is 0 Å². The Morgan fingerprint density at radius 1 is 1.09 bits per heavy atom. The number of rotatable bonds is 7. The van der Waals surface area contributed by atoms with Crippen LogP contribution in [0.3, 0.4) is 0 Å². The molecule has 1 saturated heterocycles.